The van der Waals surface area contributed by atoms with Crippen LogP contribution in [0.2, 0.25) is 0 Å². The summed E-state index contributed by atoms with van der Waals surface area (Å²) < 4.78 is 29.3. The third kappa shape index (κ3) is 2.96. The van der Waals surface area contributed by atoms with Gasteiger partial charge in [0.05, 0.1) is 23.2 Å². The van der Waals surface area contributed by atoms with Crippen molar-refractivity contribution in [3.63, 3.8) is 0 Å². The van der Waals surface area contributed by atoms with Gasteiger partial charge in [-0.15, -0.1) is 0 Å². The SMILES string of the molecule is O=C1CCCN1C[C@@H]1CN(S(=O)(=O)c2ccccc2)Cc2ccnn21. The Bertz CT molecular complexity index is 878. The fourth-order valence-corrected chi connectivity index (χ4v) is 5.03. The van der Waals surface area contributed by atoms with E-state index in [2.05, 4.69) is 5.10 Å². The Labute approximate surface area is 146 Å². The molecule has 0 bridgehead atoms. The summed E-state index contributed by atoms with van der Waals surface area (Å²) in [6.45, 7) is 1.84. The molecular weight excluding hydrogens is 340 g/mol. The third-order valence-corrected chi connectivity index (χ3v) is 6.66. The molecule has 1 fully saturated rings. The van der Waals surface area contributed by atoms with Gasteiger partial charge in [0.15, 0.2) is 0 Å². The van der Waals surface area contributed by atoms with Crippen molar-refractivity contribution in [3.05, 3.63) is 48.3 Å². The molecule has 2 aromatic rings. The average molecular weight is 360 g/mol. The molecule has 8 heteroatoms. The van der Waals surface area contributed by atoms with Crippen LogP contribution in [-0.4, -0.2) is 52.9 Å². The van der Waals surface area contributed by atoms with Crippen LogP contribution in [0.25, 0.3) is 0 Å². The predicted molar refractivity (Wildman–Crippen MR) is 91.1 cm³/mol. The molecule has 1 saturated heterocycles. The Morgan fingerprint density at radius 1 is 1.16 bits per heavy atom. The summed E-state index contributed by atoms with van der Waals surface area (Å²) in [6, 6.07) is 10.1. The number of fused-ring (bicyclic) bond motifs is 1. The van der Waals surface area contributed by atoms with E-state index in [4.69, 9.17) is 0 Å². The number of carbonyl (C=O) groups is 1. The van der Waals surface area contributed by atoms with Crippen molar-refractivity contribution in [2.24, 2.45) is 0 Å². The second kappa shape index (κ2) is 6.27. The van der Waals surface area contributed by atoms with Crippen molar-refractivity contribution in [2.45, 2.75) is 30.3 Å². The van der Waals surface area contributed by atoms with Crippen LogP contribution >= 0.6 is 0 Å². The van der Waals surface area contributed by atoms with Gasteiger partial charge in [-0.25, -0.2) is 8.42 Å². The van der Waals surface area contributed by atoms with Crippen LogP contribution in [-0.2, 0) is 21.4 Å². The number of benzene rings is 1. The molecule has 1 atom stereocenters. The quantitative estimate of drug-likeness (QED) is 0.822. The minimum Gasteiger partial charge on any atom is -0.340 e. The number of carbonyl (C=O) groups excluding carboxylic acids is 1. The van der Waals surface area contributed by atoms with Gasteiger partial charge in [0.1, 0.15) is 0 Å². The molecule has 3 heterocycles. The van der Waals surface area contributed by atoms with Crippen LogP contribution < -0.4 is 0 Å². The van der Waals surface area contributed by atoms with Crippen molar-refractivity contribution in [2.75, 3.05) is 19.6 Å². The molecule has 0 radical (unpaired) electrons. The van der Waals surface area contributed by atoms with Gasteiger partial charge in [-0.3, -0.25) is 9.48 Å². The van der Waals surface area contributed by atoms with Crippen LogP contribution in [0, 0.1) is 0 Å². The molecular formula is C17H20N4O3S. The lowest BCUT2D eigenvalue weighted by molar-refractivity contribution is -0.128. The second-order valence-corrected chi connectivity index (χ2v) is 8.41. The zero-order chi connectivity index (χ0) is 17.4. The largest absolute Gasteiger partial charge is 0.340 e. The fourth-order valence-electron chi connectivity index (χ4n) is 3.56. The van der Waals surface area contributed by atoms with Crippen molar-refractivity contribution in [3.8, 4) is 0 Å². The van der Waals surface area contributed by atoms with E-state index in [1.54, 1.807) is 36.5 Å². The number of likely N-dealkylation sites (tertiary alicyclic amines) is 1. The first-order chi connectivity index (χ1) is 12.1. The van der Waals surface area contributed by atoms with Gasteiger partial charge in [-0.1, -0.05) is 18.2 Å². The molecule has 0 N–H and O–H groups in total. The molecule has 7 nitrogen and oxygen atoms in total. The van der Waals surface area contributed by atoms with E-state index in [9.17, 15) is 13.2 Å². The standard InChI is InChI=1S/C17H20N4O3S/c22-17-7-4-10-19(17)11-15-13-20(12-14-8-9-18-21(14)15)25(23,24)16-5-2-1-3-6-16/h1-3,5-6,8-9,15H,4,7,10-13H2/t15-/m1/s1. The highest BCUT2D eigenvalue weighted by molar-refractivity contribution is 7.89. The number of aromatic nitrogens is 2. The molecule has 1 amide bonds. The van der Waals surface area contributed by atoms with Crippen LogP contribution in [0.15, 0.2) is 47.5 Å². The normalized spacial score (nSPS) is 21.5. The van der Waals surface area contributed by atoms with Gasteiger partial charge in [0.2, 0.25) is 15.9 Å². The first-order valence-electron chi connectivity index (χ1n) is 8.41. The van der Waals surface area contributed by atoms with Gasteiger partial charge < -0.3 is 4.90 Å². The van der Waals surface area contributed by atoms with Crippen LogP contribution in [0.5, 0.6) is 0 Å². The van der Waals surface area contributed by atoms with Gasteiger partial charge in [0.25, 0.3) is 0 Å². The molecule has 0 spiro atoms. The first-order valence-corrected chi connectivity index (χ1v) is 9.85. The van der Waals surface area contributed by atoms with Crippen molar-refractivity contribution < 1.29 is 13.2 Å². The van der Waals surface area contributed by atoms with Gasteiger partial charge in [0, 0.05) is 32.3 Å². The van der Waals surface area contributed by atoms with Gasteiger partial charge in [-0.2, -0.15) is 9.40 Å². The molecule has 1 aromatic carbocycles. The number of hydrogen-bond acceptors (Lipinski definition) is 4. The van der Waals surface area contributed by atoms with Crippen molar-refractivity contribution in [1.29, 1.82) is 0 Å². The summed E-state index contributed by atoms with van der Waals surface area (Å²) in [5.41, 5.74) is 0.849. The predicted octanol–water partition coefficient (Wildman–Crippen LogP) is 1.25. The van der Waals surface area contributed by atoms with Crippen LogP contribution in [0.3, 0.4) is 0 Å². The lowest BCUT2D eigenvalue weighted by Crippen LogP contribution is -2.45. The number of sulfonamides is 1. The maximum Gasteiger partial charge on any atom is 0.243 e. The molecule has 25 heavy (non-hydrogen) atoms. The summed E-state index contributed by atoms with van der Waals surface area (Å²) >= 11 is 0. The van der Waals surface area contributed by atoms with Crippen molar-refractivity contribution >= 4 is 15.9 Å². The van der Waals surface area contributed by atoms with E-state index >= 15 is 0 Å². The maximum atomic E-state index is 13.0. The summed E-state index contributed by atoms with van der Waals surface area (Å²) in [7, 11) is -3.57. The molecule has 2 aliphatic heterocycles. The Balaban J connectivity index is 1.63. The highest BCUT2D eigenvalue weighted by atomic mass is 32.2. The highest BCUT2D eigenvalue weighted by Gasteiger charge is 2.35. The first kappa shape index (κ1) is 16.3. The lowest BCUT2D eigenvalue weighted by Gasteiger charge is -2.35. The average Bonchev–Trinajstić information content (AvgIpc) is 3.25. The van der Waals surface area contributed by atoms with E-state index in [-0.39, 0.29) is 11.9 Å². The fraction of sp³-hybridized carbons (Fsp3) is 0.412. The van der Waals surface area contributed by atoms with E-state index in [1.165, 1.54) is 4.31 Å². The smallest absolute Gasteiger partial charge is 0.243 e. The number of hydrogen-bond donors (Lipinski definition) is 0. The Hall–Kier alpha value is -2.19. The van der Waals surface area contributed by atoms with Crippen LogP contribution in [0.1, 0.15) is 24.6 Å². The lowest BCUT2D eigenvalue weighted by atomic mass is 10.2. The summed E-state index contributed by atoms with van der Waals surface area (Å²) in [6.07, 6.45) is 3.13. The van der Waals surface area contributed by atoms with E-state index in [1.807, 2.05) is 15.6 Å². The molecule has 2 aliphatic rings. The number of rotatable bonds is 4. The van der Waals surface area contributed by atoms with E-state index in [0.717, 1.165) is 18.7 Å². The van der Waals surface area contributed by atoms with Crippen LogP contribution in [0.4, 0.5) is 0 Å². The minimum absolute atomic E-state index is 0.136. The summed E-state index contributed by atoms with van der Waals surface area (Å²) in [4.78, 5) is 14.1. The Morgan fingerprint density at radius 3 is 2.68 bits per heavy atom. The summed E-state index contributed by atoms with van der Waals surface area (Å²) in [5.74, 6) is 0.136. The minimum atomic E-state index is -3.57. The molecule has 0 unspecified atom stereocenters. The molecule has 132 valence electrons. The second-order valence-electron chi connectivity index (χ2n) is 6.47. The van der Waals surface area contributed by atoms with Gasteiger partial charge in [-0.05, 0) is 24.6 Å². The molecule has 4 rings (SSSR count). The number of nitrogens with zero attached hydrogens (tertiary/aromatic N) is 4. The monoisotopic (exact) mass is 360 g/mol. The Kier molecular flexibility index (Phi) is 4.09. The topological polar surface area (TPSA) is 75.5 Å². The zero-order valence-corrected chi connectivity index (χ0v) is 14.6. The third-order valence-electron chi connectivity index (χ3n) is 4.83. The molecule has 0 aliphatic carbocycles. The molecule has 1 aromatic heterocycles. The Morgan fingerprint density at radius 2 is 1.96 bits per heavy atom. The van der Waals surface area contributed by atoms with E-state index < -0.39 is 10.0 Å². The zero-order valence-electron chi connectivity index (χ0n) is 13.8. The maximum absolute atomic E-state index is 13.0. The van der Waals surface area contributed by atoms with Gasteiger partial charge >= 0.3 is 0 Å². The number of amides is 1. The molecule has 0 saturated carbocycles. The summed E-state index contributed by atoms with van der Waals surface area (Å²) in [5, 5.41) is 4.35. The van der Waals surface area contributed by atoms with Crippen molar-refractivity contribution in [1.82, 2.24) is 19.0 Å². The highest BCUT2D eigenvalue weighted by Crippen LogP contribution is 2.27. The van der Waals surface area contributed by atoms with E-state index in [0.29, 0.717) is 31.0 Å².